The van der Waals surface area contributed by atoms with Gasteiger partial charge in [0, 0.05) is 27.1 Å². The molecule has 0 radical (unpaired) electrons. The highest BCUT2D eigenvalue weighted by Crippen LogP contribution is 2.23. The summed E-state index contributed by atoms with van der Waals surface area (Å²) in [4.78, 5) is 24.7. The normalized spacial score (nSPS) is 13.3. The van der Waals surface area contributed by atoms with E-state index in [-0.39, 0.29) is 18.2 Å². The molecule has 0 saturated heterocycles. The summed E-state index contributed by atoms with van der Waals surface area (Å²) in [6, 6.07) is 9.11. The molecule has 5 heteroatoms. The quantitative estimate of drug-likeness (QED) is 0.744. The summed E-state index contributed by atoms with van der Waals surface area (Å²) in [5.74, 6) is -0.179. The van der Waals surface area contributed by atoms with Gasteiger partial charge in [0.1, 0.15) is 0 Å². The molecule has 2 amide bonds. The van der Waals surface area contributed by atoms with Crippen LogP contribution in [-0.2, 0) is 15.2 Å². The van der Waals surface area contributed by atoms with Crippen molar-refractivity contribution in [3.8, 4) is 0 Å². The average Bonchev–Trinajstić information content (AvgIpc) is 2.43. The first-order chi connectivity index (χ1) is 9.83. The fourth-order valence-corrected chi connectivity index (χ4v) is 1.97. The number of hydrogen-bond donors (Lipinski definition) is 2. The van der Waals surface area contributed by atoms with E-state index in [1.54, 1.807) is 33.2 Å². The number of amides is 2. The maximum Gasteiger partial charge on any atom is 0.223 e. The van der Waals surface area contributed by atoms with Crippen LogP contribution in [0.25, 0.3) is 0 Å². The van der Waals surface area contributed by atoms with E-state index in [1.807, 2.05) is 18.2 Å². The molecular weight excluding hydrogens is 268 g/mol. The lowest BCUT2D eigenvalue weighted by molar-refractivity contribution is -0.129. The van der Waals surface area contributed by atoms with Crippen molar-refractivity contribution in [1.29, 1.82) is 0 Å². The maximum absolute atomic E-state index is 11.8. The van der Waals surface area contributed by atoms with Crippen molar-refractivity contribution in [3.63, 3.8) is 0 Å². The maximum atomic E-state index is 11.8. The van der Waals surface area contributed by atoms with E-state index in [2.05, 4.69) is 5.32 Å². The Labute approximate surface area is 126 Å². The number of carbonyl (C=O) groups is 2. The monoisotopic (exact) mass is 292 g/mol. The first kappa shape index (κ1) is 17.2. The van der Waals surface area contributed by atoms with Crippen molar-refractivity contribution in [1.82, 2.24) is 10.2 Å². The standard InChI is InChI=1S/C16H24N2O3/c1-16(21,13-8-5-4-6-9-13)12-14(19)17-11-7-10-15(20)18(2)3/h4-6,8-9,21H,7,10-12H2,1-3H3,(H,17,19). The third-order valence-electron chi connectivity index (χ3n) is 3.29. The van der Waals surface area contributed by atoms with E-state index in [4.69, 9.17) is 0 Å². The summed E-state index contributed by atoms with van der Waals surface area (Å²) < 4.78 is 0. The van der Waals surface area contributed by atoms with Crippen LogP contribution >= 0.6 is 0 Å². The Balaban J connectivity index is 2.35. The molecule has 0 aliphatic rings. The third kappa shape index (κ3) is 5.95. The van der Waals surface area contributed by atoms with Crippen LogP contribution in [0.3, 0.4) is 0 Å². The van der Waals surface area contributed by atoms with Crippen molar-refractivity contribution in [3.05, 3.63) is 35.9 Å². The van der Waals surface area contributed by atoms with Gasteiger partial charge in [-0.3, -0.25) is 9.59 Å². The van der Waals surface area contributed by atoms with E-state index < -0.39 is 5.60 Å². The topological polar surface area (TPSA) is 69.6 Å². The minimum atomic E-state index is -1.19. The summed E-state index contributed by atoms with van der Waals surface area (Å²) >= 11 is 0. The number of hydrogen-bond acceptors (Lipinski definition) is 3. The Kier molecular flexibility index (Phi) is 6.37. The highest BCUT2D eigenvalue weighted by Gasteiger charge is 2.26. The highest BCUT2D eigenvalue weighted by atomic mass is 16.3. The lowest BCUT2D eigenvalue weighted by atomic mass is 9.92. The van der Waals surface area contributed by atoms with E-state index in [9.17, 15) is 14.7 Å². The molecule has 1 atom stereocenters. The van der Waals surface area contributed by atoms with Crippen LogP contribution in [0.1, 0.15) is 31.7 Å². The van der Waals surface area contributed by atoms with Crippen molar-refractivity contribution in [2.75, 3.05) is 20.6 Å². The molecule has 2 N–H and O–H groups in total. The first-order valence-corrected chi connectivity index (χ1v) is 7.07. The fourth-order valence-electron chi connectivity index (χ4n) is 1.97. The average molecular weight is 292 g/mol. The van der Waals surface area contributed by atoms with Crippen LogP contribution in [0.2, 0.25) is 0 Å². The van der Waals surface area contributed by atoms with Gasteiger partial charge in [-0.2, -0.15) is 0 Å². The lowest BCUT2D eigenvalue weighted by Gasteiger charge is -2.23. The molecular formula is C16H24N2O3. The molecule has 0 aliphatic carbocycles. The fraction of sp³-hybridized carbons (Fsp3) is 0.500. The Bertz CT molecular complexity index is 470. The van der Waals surface area contributed by atoms with Gasteiger partial charge in [-0.1, -0.05) is 30.3 Å². The van der Waals surface area contributed by atoms with Gasteiger partial charge in [-0.05, 0) is 18.9 Å². The number of benzene rings is 1. The summed E-state index contributed by atoms with van der Waals surface area (Å²) in [6.07, 6.45) is 0.997. The number of nitrogens with one attached hydrogen (secondary N) is 1. The number of rotatable bonds is 7. The molecule has 0 aromatic heterocycles. The van der Waals surface area contributed by atoms with E-state index >= 15 is 0 Å². The van der Waals surface area contributed by atoms with Crippen LogP contribution < -0.4 is 5.32 Å². The van der Waals surface area contributed by atoms with Crippen molar-refractivity contribution in [2.24, 2.45) is 0 Å². The minimum absolute atomic E-state index is 0.00135. The van der Waals surface area contributed by atoms with Gasteiger partial charge in [-0.25, -0.2) is 0 Å². The molecule has 0 aliphatic heterocycles. The second-order valence-corrected chi connectivity index (χ2v) is 5.56. The van der Waals surface area contributed by atoms with Gasteiger partial charge in [0.25, 0.3) is 0 Å². The van der Waals surface area contributed by atoms with Crippen LogP contribution in [0, 0.1) is 0 Å². The summed E-state index contributed by atoms with van der Waals surface area (Å²) in [5.41, 5.74) is -0.479. The smallest absolute Gasteiger partial charge is 0.223 e. The highest BCUT2D eigenvalue weighted by molar-refractivity contribution is 5.77. The summed E-state index contributed by atoms with van der Waals surface area (Å²) in [5, 5.41) is 13.1. The molecule has 1 aromatic carbocycles. The predicted molar refractivity (Wildman–Crippen MR) is 81.6 cm³/mol. The van der Waals surface area contributed by atoms with Crippen LogP contribution in [0.4, 0.5) is 0 Å². The Hall–Kier alpha value is -1.88. The minimum Gasteiger partial charge on any atom is -0.385 e. The van der Waals surface area contributed by atoms with Gasteiger partial charge in [-0.15, -0.1) is 0 Å². The van der Waals surface area contributed by atoms with Crippen molar-refractivity contribution >= 4 is 11.8 Å². The SMILES string of the molecule is CN(C)C(=O)CCCNC(=O)CC(C)(O)c1ccccc1. The molecule has 1 unspecified atom stereocenters. The van der Waals surface area contributed by atoms with Crippen molar-refractivity contribution < 1.29 is 14.7 Å². The van der Waals surface area contributed by atoms with Gasteiger partial charge in [0.15, 0.2) is 0 Å². The first-order valence-electron chi connectivity index (χ1n) is 7.07. The molecule has 21 heavy (non-hydrogen) atoms. The summed E-state index contributed by atoms with van der Waals surface area (Å²) in [7, 11) is 3.41. The second-order valence-electron chi connectivity index (χ2n) is 5.56. The van der Waals surface area contributed by atoms with E-state index in [0.717, 1.165) is 0 Å². The van der Waals surface area contributed by atoms with Gasteiger partial charge < -0.3 is 15.3 Å². The molecule has 1 aromatic rings. The zero-order chi connectivity index (χ0) is 15.9. The third-order valence-corrected chi connectivity index (χ3v) is 3.29. The zero-order valence-electron chi connectivity index (χ0n) is 12.9. The predicted octanol–water partition coefficient (Wildman–Crippen LogP) is 1.27. The van der Waals surface area contributed by atoms with E-state index in [1.165, 1.54) is 4.90 Å². The summed E-state index contributed by atoms with van der Waals surface area (Å²) in [6.45, 7) is 2.06. The van der Waals surface area contributed by atoms with Gasteiger partial charge in [0.2, 0.25) is 11.8 Å². The molecule has 0 spiro atoms. The van der Waals surface area contributed by atoms with Crippen molar-refractivity contribution in [2.45, 2.75) is 31.8 Å². The Morgan fingerprint density at radius 2 is 1.86 bits per heavy atom. The lowest BCUT2D eigenvalue weighted by Crippen LogP contribution is -2.33. The van der Waals surface area contributed by atoms with Gasteiger partial charge in [0.05, 0.1) is 12.0 Å². The molecule has 5 nitrogen and oxygen atoms in total. The van der Waals surface area contributed by atoms with E-state index in [0.29, 0.717) is 24.9 Å². The van der Waals surface area contributed by atoms with Gasteiger partial charge >= 0.3 is 0 Å². The Morgan fingerprint density at radius 3 is 2.43 bits per heavy atom. The number of aliphatic hydroxyl groups is 1. The zero-order valence-corrected chi connectivity index (χ0v) is 12.9. The van der Waals surface area contributed by atoms with Crippen LogP contribution in [0.5, 0.6) is 0 Å². The largest absolute Gasteiger partial charge is 0.385 e. The molecule has 0 bridgehead atoms. The number of carbonyl (C=O) groups excluding carboxylic acids is 2. The van der Waals surface area contributed by atoms with Crippen LogP contribution in [-0.4, -0.2) is 42.5 Å². The molecule has 0 saturated carbocycles. The molecule has 1 rings (SSSR count). The molecule has 116 valence electrons. The molecule has 0 heterocycles. The Morgan fingerprint density at radius 1 is 1.24 bits per heavy atom. The second kappa shape index (κ2) is 7.78. The van der Waals surface area contributed by atoms with Crippen LogP contribution in [0.15, 0.2) is 30.3 Å². The number of nitrogens with zero attached hydrogens (tertiary/aromatic N) is 1. The molecule has 0 fully saturated rings.